The van der Waals surface area contributed by atoms with Gasteiger partial charge in [-0.3, -0.25) is 4.90 Å². The Hall–Kier alpha value is -0.160. The standard InChI is InChI=1S/C12H25N3O/c1(7-15-8-10-16-11-9-15)4-14-12-2-5-13-6-3-12/h12-14H,1-11H2. The summed E-state index contributed by atoms with van der Waals surface area (Å²) in [5.41, 5.74) is 0. The first-order valence-corrected chi connectivity index (χ1v) is 6.69. The smallest absolute Gasteiger partial charge is 0.0594 e. The molecular weight excluding hydrogens is 202 g/mol. The Bertz CT molecular complexity index is 157. The van der Waals surface area contributed by atoms with Crippen LogP contribution < -0.4 is 10.6 Å². The van der Waals surface area contributed by atoms with Crippen molar-refractivity contribution in [2.75, 3.05) is 52.5 Å². The monoisotopic (exact) mass is 227 g/mol. The molecular formula is C12H25N3O. The van der Waals surface area contributed by atoms with E-state index in [-0.39, 0.29) is 0 Å². The van der Waals surface area contributed by atoms with Crippen molar-refractivity contribution in [1.29, 1.82) is 0 Å². The van der Waals surface area contributed by atoms with Crippen LogP contribution in [0.3, 0.4) is 0 Å². The molecule has 2 N–H and O–H groups in total. The molecule has 0 atom stereocenters. The molecule has 0 amide bonds. The fourth-order valence-corrected chi connectivity index (χ4v) is 2.46. The summed E-state index contributed by atoms with van der Waals surface area (Å²) >= 11 is 0. The molecule has 0 aliphatic carbocycles. The third-order valence-electron chi connectivity index (χ3n) is 3.53. The molecule has 2 rings (SSSR count). The van der Waals surface area contributed by atoms with Crippen LogP contribution in [0.2, 0.25) is 0 Å². The Kier molecular flexibility index (Phi) is 5.55. The van der Waals surface area contributed by atoms with Crippen LogP contribution in [0.1, 0.15) is 19.3 Å². The van der Waals surface area contributed by atoms with E-state index in [2.05, 4.69) is 15.5 Å². The molecule has 0 radical (unpaired) electrons. The molecule has 2 heterocycles. The van der Waals surface area contributed by atoms with Gasteiger partial charge in [-0.25, -0.2) is 0 Å². The highest BCUT2D eigenvalue weighted by Gasteiger charge is 2.12. The highest BCUT2D eigenvalue weighted by Crippen LogP contribution is 2.02. The largest absolute Gasteiger partial charge is 0.379 e. The van der Waals surface area contributed by atoms with Gasteiger partial charge in [0.05, 0.1) is 13.2 Å². The van der Waals surface area contributed by atoms with Crippen molar-refractivity contribution in [2.24, 2.45) is 0 Å². The lowest BCUT2D eigenvalue weighted by Gasteiger charge is -2.27. The maximum atomic E-state index is 5.34. The zero-order chi connectivity index (χ0) is 11.1. The number of nitrogens with one attached hydrogen (secondary N) is 2. The van der Waals surface area contributed by atoms with Crippen molar-refractivity contribution < 1.29 is 4.74 Å². The van der Waals surface area contributed by atoms with Crippen LogP contribution in [0, 0.1) is 0 Å². The molecule has 0 saturated carbocycles. The first-order valence-electron chi connectivity index (χ1n) is 6.69. The summed E-state index contributed by atoms with van der Waals surface area (Å²) in [6, 6.07) is 0.755. The molecule has 0 unspecified atom stereocenters. The van der Waals surface area contributed by atoms with E-state index in [1.807, 2.05) is 0 Å². The predicted octanol–water partition coefficient (Wildman–Crippen LogP) is 0.0503. The van der Waals surface area contributed by atoms with Crippen LogP contribution in [0.5, 0.6) is 0 Å². The minimum absolute atomic E-state index is 0.755. The highest BCUT2D eigenvalue weighted by atomic mass is 16.5. The Morgan fingerprint density at radius 2 is 1.94 bits per heavy atom. The van der Waals surface area contributed by atoms with E-state index in [1.54, 1.807) is 0 Å². The van der Waals surface area contributed by atoms with Crippen molar-refractivity contribution in [3.8, 4) is 0 Å². The topological polar surface area (TPSA) is 36.5 Å². The lowest BCUT2D eigenvalue weighted by Crippen LogP contribution is -2.41. The summed E-state index contributed by atoms with van der Waals surface area (Å²) < 4.78 is 5.34. The molecule has 2 aliphatic heterocycles. The average Bonchev–Trinajstić information content (AvgIpc) is 2.37. The molecule has 94 valence electrons. The number of hydrogen-bond acceptors (Lipinski definition) is 4. The van der Waals surface area contributed by atoms with Gasteiger partial charge in [0, 0.05) is 19.1 Å². The molecule has 0 spiro atoms. The number of morpholine rings is 1. The van der Waals surface area contributed by atoms with Gasteiger partial charge >= 0.3 is 0 Å². The van der Waals surface area contributed by atoms with Crippen LogP contribution in [0.15, 0.2) is 0 Å². The van der Waals surface area contributed by atoms with Crippen molar-refractivity contribution in [3.05, 3.63) is 0 Å². The summed E-state index contributed by atoms with van der Waals surface area (Å²) in [4.78, 5) is 2.51. The van der Waals surface area contributed by atoms with Gasteiger partial charge in [-0.2, -0.15) is 0 Å². The first kappa shape index (κ1) is 12.3. The van der Waals surface area contributed by atoms with Crippen molar-refractivity contribution in [3.63, 3.8) is 0 Å². The number of rotatable bonds is 5. The van der Waals surface area contributed by atoms with Crippen LogP contribution in [-0.2, 0) is 4.74 Å². The van der Waals surface area contributed by atoms with Gasteiger partial charge < -0.3 is 15.4 Å². The van der Waals surface area contributed by atoms with Gasteiger partial charge in [-0.15, -0.1) is 0 Å². The lowest BCUT2D eigenvalue weighted by molar-refractivity contribution is 0.0373. The summed E-state index contributed by atoms with van der Waals surface area (Å²) in [5.74, 6) is 0. The van der Waals surface area contributed by atoms with E-state index < -0.39 is 0 Å². The second kappa shape index (κ2) is 7.22. The molecule has 0 aromatic carbocycles. The number of nitrogens with zero attached hydrogens (tertiary/aromatic N) is 1. The van der Waals surface area contributed by atoms with Gasteiger partial charge in [0.15, 0.2) is 0 Å². The van der Waals surface area contributed by atoms with Gasteiger partial charge in [0.25, 0.3) is 0 Å². The van der Waals surface area contributed by atoms with Gasteiger partial charge in [-0.1, -0.05) is 0 Å². The van der Waals surface area contributed by atoms with Gasteiger partial charge in [0.2, 0.25) is 0 Å². The summed E-state index contributed by atoms with van der Waals surface area (Å²) in [6.45, 7) is 8.83. The zero-order valence-electron chi connectivity index (χ0n) is 10.2. The molecule has 2 saturated heterocycles. The number of ether oxygens (including phenoxy) is 1. The van der Waals surface area contributed by atoms with Crippen molar-refractivity contribution in [1.82, 2.24) is 15.5 Å². The van der Waals surface area contributed by atoms with Crippen LogP contribution in [-0.4, -0.2) is 63.4 Å². The molecule has 2 fully saturated rings. The summed E-state index contributed by atoms with van der Waals surface area (Å²) in [7, 11) is 0. The van der Waals surface area contributed by atoms with Crippen LogP contribution in [0.4, 0.5) is 0 Å². The van der Waals surface area contributed by atoms with E-state index >= 15 is 0 Å². The first-order chi connectivity index (χ1) is 7.95. The maximum absolute atomic E-state index is 5.34. The van der Waals surface area contributed by atoms with E-state index in [0.29, 0.717) is 0 Å². The number of hydrogen-bond donors (Lipinski definition) is 2. The quantitative estimate of drug-likeness (QED) is 0.651. The molecule has 0 aromatic rings. The van der Waals surface area contributed by atoms with E-state index in [1.165, 1.54) is 45.4 Å². The molecule has 0 bridgehead atoms. The number of piperidine rings is 1. The van der Waals surface area contributed by atoms with Crippen molar-refractivity contribution >= 4 is 0 Å². The zero-order valence-corrected chi connectivity index (χ0v) is 10.2. The minimum Gasteiger partial charge on any atom is -0.379 e. The van der Waals surface area contributed by atoms with Gasteiger partial charge in [-0.05, 0) is 45.4 Å². The fourth-order valence-electron chi connectivity index (χ4n) is 2.46. The van der Waals surface area contributed by atoms with E-state index in [0.717, 1.165) is 32.3 Å². The van der Waals surface area contributed by atoms with E-state index in [9.17, 15) is 0 Å². The average molecular weight is 227 g/mol. The Morgan fingerprint density at radius 1 is 1.19 bits per heavy atom. The van der Waals surface area contributed by atoms with E-state index in [4.69, 9.17) is 4.74 Å². The summed E-state index contributed by atoms with van der Waals surface area (Å²) in [6.07, 6.45) is 3.85. The molecule has 2 aliphatic rings. The normalized spacial score (nSPS) is 24.8. The Labute approximate surface area is 98.7 Å². The van der Waals surface area contributed by atoms with Crippen LogP contribution >= 0.6 is 0 Å². The van der Waals surface area contributed by atoms with Crippen molar-refractivity contribution in [2.45, 2.75) is 25.3 Å². The van der Waals surface area contributed by atoms with Gasteiger partial charge in [0.1, 0.15) is 0 Å². The second-order valence-corrected chi connectivity index (χ2v) is 4.79. The predicted molar refractivity (Wildman–Crippen MR) is 65.8 cm³/mol. The molecule has 4 nitrogen and oxygen atoms in total. The molecule has 4 heteroatoms. The fraction of sp³-hybridized carbons (Fsp3) is 1.00. The summed E-state index contributed by atoms with van der Waals surface area (Å²) in [5, 5.41) is 7.06. The van der Waals surface area contributed by atoms with Crippen LogP contribution in [0.25, 0.3) is 0 Å². The minimum atomic E-state index is 0.755. The third kappa shape index (κ3) is 4.37. The molecule has 0 aromatic heterocycles. The highest BCUT2D eigenvalue weighted by molar-refractivity contribution is 4.74. The Morgan fingerprint density at radius 3 is 2.69 bits per heavy atom. The third-order valence-corrected chi connectivity index (χ3v) is 3.53. The lowest BCUT2D eigenvalue weighted by atomic mass is 10.1. The molecule has 16 heavy (non-hydrogen) atoms. The second-order valence-electron chi connectivity index (χ2n) is 4.79. The SMILES string of the molecule is C(CNC1CCNCC1)CN1CCOCC1. The maximum Gasteiger partial charge on any atom is 0.0594 e. The Balaban J connectivity index is 1.47.